The van der Waals surface area contributed by atoms with Crippen LogP contribution in [0.5, 0.6) is 0 Å². The second-order valence-corrected chi connectivity index (χ2v) is 11.0. The van der Waals surface area contributed by atoms with Crippen LogP contribution in [0.3, 0.4) is 0 Å². The Balaban J connectivity index is 1.38. The van der Waals surface area contributed by atoms with Crippen molar-refractivity contribution in [2.45, 2.75) is 50.3 Å². The third-order valence-corrected chi connectivity index (χ3v) is 8.02. The number of fused-ring (bicyclic) bond motifs is 2. The summed E-state index contributed by atoms with van der Waals surface area (Å²) in [5, 5.41) is 16.9. The normalized spacial score (nSPS) is 22.0. The Bertz CT molecular complexity index is 1400. The van der Waals surface area contributed by atoms with E-state index in [4.69, 9.17) is 21.4 Å². The summed E-state index contributed by atoms with van der Waals surface area (Å²) in [5.41, 5.74) is 0.540. The molecule has 0 bridgehead atoms. The highest BCUT2D eigenvalue weighted by Crippen LogP contribution is 2.43. The predicted molar refractivity (Wildman–Crippen MR) is 149 cm³/mol. The summed E-state index contributed by atoms with van der Waals surface area (Å²) in [7, 11) is 0. The van der Waals surface area contributed by atoms with Crippen LogP contribution in [0.25, 0.3) is 0 Å². The quantitative estimate of drug-likeness (QED) is 0.404. The number of carbonyl (C=O) groups is 5. The number of nitrogens with one attached hydrogen (secondary N) is 3. The van der Waals surface area contributed by atoms with Gasteiger partial charge in [-0.2, -0.15) is 0 Å². The van der Waals surface area contributed by atoms with Crippen LogP contribution in [0, 0.1) is 0 Å². The molecule has 3 heterocycles. The van der Waals surface area contributed by atoms with Gasteiger partial charge in [0.25, 0.3) is 5.91 Å². The minimum Gasteiger partial charge on any atom is -0.465 e. The maximum Gasteiger partial charge on any atom is 0.412 e. The van der Waals surface area contributed by atoms with Crippen molar-refractivity contribution in [1.82, 2.24) is 15.1 Å². The van der Waals surface area contributed by atoms with Gasteiger partial charge in [-0.15, -0.1) is 0 Å². The summed E-state index contributed by atoms with van der Waals surface area (Å²) < 4.78 is 5.79. The Morgan fingerprint density at radius 1 is 1.17 bits per heavy atom. The van der Waals surface area contributed by atoms with Gasteiger partial charge in [-0.3, -0.25) is 25.0 Å². The number of carbonyl (C=O) groups excluding carboxylic acids is 4. The lowest BCUT2D eigenvalue weighted by Gasteiger charge is -2.46. The van der Waals surface area contributed by atoms with E-state index < -0.39 is 35.6 Å². The molecular weight excluding hydrogens is 554 g/mol. The maximum atomic E-state index is 14.0. The zero-order valence-electron chi connectivity index (χ0n) is 22.3. The molecule has 41 heavy (non-hydrogen) atoms. The van der Waals surface area contributed by atoms with Crippen LogP contribution in [0.1, 0.15) is 48.5 Å². The topological polar surface area (TPSA) is 157 Å². The average Bonchev–Trinajstić information content (AvgIpc) is 2.92. The number of benzene rings is 2. The van der Waals surface area contributed by atoms with Crippen LogP contribution in [0.2, 0.25) is 5.02 Å². The van der Waals surface area contributed by atoms with Gasteiger partial charge in [-0.1, -0.05) is 11.6 Å². The van der Waals surface area contributed by atoms with Crippen molar-refractivity contribution < 1.29 is 33.8 Å². The first-order chi connectivity index (χ1) is 19.5. The van der Waals surface area contributed by atoms with E-state index in [1.807, 2.05) is 6.92 Å². The van der Waals surface area contributed by atoms with E-state index in [1.165, 1.54) is 29.2 Å². The molecule has 0 saturated carbocycles. The van der Waals surface area contributed by atoms with Gasteiger partial charge in [-0.25, -0.2) is 9.59 Å². The monoisotopic (exact) mass is 583 g/mol. The lowest BCUT2D eigenvalue weighted by Crippen LogP contribution is -2.58. The number of nitrogens with zero attached hydrogens (tertiary/aromatic N) is 2. The van der Waals surface area contributed by atoms with Crippen molar-refractivity contribution in [2.75, 3.05) is 30.3 Å². The van der Waals surface area contributed by atoms with E-state index in [1.54, 1.807) is 23.1 Å². The molecule has 2 saturated heterocycles. The number of hydrogen-bond acceptors (Lipinski definition) is 6. The summed E-state index contributed by atoms with van der Waals surface area (Å²) in [6.45, 7) is 2.88. The first-order valence-corrected chi connectivity index (χ1v) is 13.7. The van der Waals surface area contributed by atoms with E-state index in [-0.39, 0.29) is 36.2 Å². The van der Waals surface area contributed by atoms with E-state index >= 15 is 0 Å². The summed E-state index contributed by atoms with van der Waals surface area (Å²) >= 11 is 6.26. The molecule has 4 N–H and O–H groups in total. The second kappa shape index (κ2) is 11.3. The Hall–Kier alpha value is -4.32. The van der Waals surface area contributed by atoms with Crippen LogP contribution >= 0.6 is 11.6 Å². The van der Waals surface area contributed by atoms with Crippen molar-refractivity contribution in [3.63, 3.8) is 0 Å². The van der Waals surface area contributed by atoms with Crippen LogP contribution in [0.4, 0.5) is 21.0 Å². The SMILES string of the molecule is C[C@H]1CCN1C(=O)C[C@H](NC(=O)c1ccc(NC(=O)O)cc1)C(=O)N1CCC[C@@]2(C1)OC(=O)Nc1ccc(Cl)cc12. The highest BCUT2D eigenvalue weighted by atomic mass is 35.5. The minimum absolute atomic E-state index is 0.0306. The van der Waals surface area contributed by atoms with Crippen LogP contribution < -0.4 is 16.0 Å². The fourth-order valence-corrected chi connectivity index (χ4v) is 5.72. The fourth-order valence-electron chi connectivity index (χ4n) is 5.55. The molecule has 0 unspecified atom stereocenters. The molecule has 12 nitrogen and oxygen atoms in total. The number of rotatable bonds is 6. The molecule has 2 fully saturated rings. The summed E-state index contributed by atoms with van der Waals surface area (Å²) in [4.78, 5) is 66.7. The predicted octanol–water partition coefficient (Wildman–Crippen LogP) is 3.62. The summed E-state index contributed by atoms with van der Waals surface area (Å²) in [5.74, 6) is -1.31. The van der Waals surface area contributed by atoms with Crippen molar-refractivity contribution in [1.29, 1.82) is 0 Å². The summed E-state index contributed by atoms with van der Waals surface area (Å²) in [6, 6.07) is 9.63. The zero-order valence-corrected chi connectivity index (χ0v) is 23.1. The van der Waals surface area contributed by atoms with Gasteiger partial charge in [0, 0.05) is 41.0 Å². The Kier molecular flexibility index (Phi) is 7.76. The number of carboxylic acid groups (broad SMARTS) is 1. The number of halogens is 1. The van der Waals surface area contributed by atoms with E-state index in [0.29, 0.717) is 42.2 Å². The van der Waals surface area contributed by atoms with Gasteiger partial charge in [0.05, 0.1) is 18.7 Å². The molecule has 13 heteroatoms. The molecule has 3 aliphatic heterocycles. The number of piperidine rings is 1. The highest BCUT2D eigenvalue weighted by Gasteiger charge is 2.47. The first-order valence-electron chi connectivity index (χ1n) is 13.3. The Morgan fingerprint density at radius 3 is 2.59 bits per heavy atom. The molecule has 3 aliphatic rings. The van der Waals surface area contributed by atoms with Crippen LogP contribution in [0.15, 0.2) is 42.5 Å². The van der Waals surface area contributed by atoms with Gasteiger partial charge in [-0.05, 0) is 68.7 Å². The third kappa shape index (κ3) is 5.92. The molecule has 5 rings (SSSR count). The number of anilines is 2. The van der Waals surface area contributed by atoms with Crippen molar-refractivity contribution >= 4 is 52.9 Å². The molecule has 1 spiro atoms. The number of amides is 5. The molecule has 0 aliphatic carbocycles. The average molecular weight is 584 g/mol. The Morgan fingerprint density at radius 2 is 1.93 bits per heavy atom. The molecule has 0 radical (unpaired) electrons. The number of likely N-dealkylation sites (tertiary alicyclic amines) is 2. The maximum absolute atomic E-state index is 14.0. The third-order valence-electron chi connectivity index (χ3n) is 7.78. The van der Waals surface area contributed by atoms with E-state index in [0.717, 1.165) is 6.42 Å². The van der Waals surface area contributed by atoms with E-state index in [9.17, 15) is 24.0 Å². The minimum atomic E-state index is -1.24. The molecule has 2 aromatic rings. The highest BCUT2D eigenvalue weighted by molar-refractivity contribution is 6.30. The van der Waals surface area contributed by atoms with E-state index in [2.05, 4.69) is 16.0 Å². The fraction of sp³-hybridized carbons (Fsp3) is 0.393. The van der Waals surface area contributed by atoms with Gasteiger partial charge in [0.2, 0.25) is 11.8 Å². The smallest absolute Gasteiger partial charge is 0.412 e. The molecular formula is C28H30ClN5O7. The first kappa shape index (κ1) is 28.2. The van der Waals surface area contributed by atoms with Gasteiger partial charge in [0.1, 0.15) is 6.04 Å². The molecule has 2 aromatic carbocycles. The molecule has 0 aromatic heterocycles. The zero-order chi connectivity index (χ0) is 29.3. The van der Waals surface area contributed by atoms with Gasteiger partial charge in [0.15, 0.2) is 5.60 Å². The van der Waals surface area contributed by atoms with Gasteiger partial charge < -0.3 is 25.0 Å². The lowest BCUT2D eigenvalue weighted by molar-refractivity contribution is -0.146. The van der Waals surface area contributed by atoms with Crippen molar-refractivity contribution in [3.05, 3.63) is 58.6 Å². The molecule has 216 valence electrons. The largest absolute Gasteiger partial charge is 0.465 e. The molecule has 5 amide bonds. The number of ether oxygens (including phenoxy) is 1. The molecule has 3 atom stereocenters. The standard InChI is InChI=1S/C28H30ClN5O7/c1-16-9-12-34(16)23(35)14-22(31-24(36)17-3-6-19(7-4-17)30-26(38)39)25(37)33-11-2-10-28(15-33)20-13-18(29)5-8-21(20)32-27(40)41-28/h3-8,13,16,22,30H,2,9-12,14-15H2,1H3,(H,31,36)(H,32,40)(H,38,39)/t16-,22-,28-/m0/s1. The Labute approximate surface area is 240 Å². The van der Waals surface area contributed by atoms with Crippen LogP contribution in [-0.4, -0.2) is 76.5 Å². The van der Waals surface area contributed by atoms with Gasteiger partial charge >= 0.3 is 12.2 Å². The number of hydrogen-bond donors (Lipinski definition) is 4. The van der Waals surface area contributed by atoms with Crippen LogP contribution in [-0.2, 0) is 19.9 Å². The van der Waals surface area contributed by atoms with Crippen molar-refractivity contribution in [2.24, 2.45) is 0 Å². The lowest BCUT2D eigenvalue weighted by atomic mass is 9.83. The second-order valence-electron chi connectivity index (χ2n) is 10.5. The summed E-state index contributed by atoms with van der Waals surface area (Å²) in [6.07, 6.45) is -0.266. The van der Waals surface area contributed by atoms with Crippen molar-refractivity contribution in [3.8, 4) is 0 Å².